The summed E-state index contributed by atoms with van der Waals surface area (Å²) in [6.45, 7) is 6.21. The molecular formula is C15H19N3O. The maximum Gasteiger partial charge on any atom is 0.220 e. The Morgan fingerprint density at radius 2 is 1.89 bits per heavy atom. The quantitative estimate of drug-likeness (QED) is 0.917. The lowest BCUT2D eigenvalue weighted by atomic mass is 9.99. The van der Waals surface area contributed by atoms with Gasteiger partial charge in [0.25, 0.3) is 0 Å². The third-order valence-corrected chi connectivity index (χ3v) is 3.04. The summed E-state index contributed by atoms with van der Waals surface area (Å²) in [6, 6.07) is 8.07. The van der Waals surface area contributed by atoms with Gasteiger partial charge in [-0.3, -0.25) is 0 Å². The van der Waals surface area contributed by atoms with Crippen molar-refractivity contribution in [1.29, 1.82) is 0 Å². The maximum absolute atomic E-state index is 5.70. The number of nitrogen functional groups attached to an aromatic ring is 1. The normalized spacial score (nSPS) is 10.8. The molecule has 0 bridgehead atoms. The van der Waals surface area contributed by atoms with E-state index in [-0.39, 0.29) is 5.95 Å². The van der Waals surface area contributed by atoms with Crippen molar-refractivity contribution < 1.29 is 4.74 Å². The minimum absolute atomic E-state index is 0.282. The van der Waals surface area contributed by atoms with Crippen LogP contribution < -0.4 is 10.5 Å². The standard InChI is InChI=1S/C15H19N3O/c1-9(2)11-5-6-12(14(8-11)19-4)13-7-10(3)17-15(16)18-13/h5-9H,1-4H3,(H2,16,17,18). The summed E-state index contributed by atoms with van der Waals surface area (Å²) in [6.07, 6.45) is 0. The molecule has 4 heteroatoms. The number of hydrogen-bond acceptors (Lipinski definition) is 4. The molecular weight excluding hydrogens is 238 g/mol. The van der Waals surface area contributed by atoms with E-state index in [1.54, 1.807) is 7.11 Å². The Kier molecular flexibility index (Phi) is 3.69. The molecule has 0 amide bonds. The highest BCUT2D eigenvalue weighted by Gasteiger charge is 2.11. The molecule has 4 nitrogen and oxygen atoms in total. The van der Waals surface area contributed by atoms with Gasteiger partial charge in [-0.15, -0.1) is 0 Å². The Hall–Kier alpha value is -2.10. The molecule has 0 atom stereocenters. The lowest BCUT2D eigenvalue weighted by molar-refractivity contribution is 0.415. The average molecular weight is 257 g/mol. The summed E-state index contributed by atoms with van der Waals surface area (Å²) >= 11 is 0. The molecule has 2 N–H and O–H groups in total. The van der Waals surface area contributed by atoms with Gasteiger partial charge in [-0.2, -0.15) is 0 Å². The van der Waals surface area contributed by atoms with Crippen molar-refractivity contribution in [2.24, 2.45) is 0 Å². The highest BCUT2D eigenvalue weighted by atomic mass is 16.5. The second-order valence-electron chi connectivity index (χ2n) is 4.87. The van der Waals surface area contributed by atoms with Gasteiger partial charge in [-0.25, -0.2) is 9.97 Å². The van der Waals surface area contributed by atoms with Crippen molar-refractivity contribution in [3.63, 3.8) is 0 Å². The van der Waals surface area contributed by atoms with E-state index in [1.807, 2.05) is 25.1 Å². The van der Waals surface area contributed by atoms with Crippen molar-refractivity contribution >= 4 is 5.95 Å². The summed E-state index contributed by atoms with van der Waals surface area (Å²) in [5.74, 6) is 1.55. The molecule has 2 rings (SSSR count). The third kappa shape index (κ3) is 2.84. The molecule has 19 heavy (non-hydrogen) atoms. The van der Waals surface area contributed by atoms with Gasteiger partial charge >= 0.3 is 0 Å². The molecule has 1 aromatic heterocycles. The predicted octanol–water partition coefficient (Wildman–Crippen LogP) is 3.17. The van der Waals surface area contributed by atoms with Crippen LogP contribution in [0.15, 0.2) is 24.3 Å². The summed E-state index contributed by atoms with van der Waals surface area (Å²) < 4.78 is 5.47. The van der Waals surface area contributed by atoms with Gasteiger partial charge in [-0.1, -0.05) is 19.9 Å². The molecule has 0 aliphatic rings. The number of aromatic nitrogens is 2. The fourth-order valence-corrected chi connectivity index (χ4v) is 2.01. The van der Waals surface area contributed by atoms with Gasteiger partial charge in [-0.05, 0) is 36.6 Å². The number of anilines is 1. The van der Waals surface area contributed by atoms with Gasteiger partial charge in [0.2, 0.25) is 5.95 Å². The Labute approximate surface area is 113 Å². The van der Waals surface area contributed by atoms with E-state index in [1.165, 1.54) is 5.56 Å². The Morgan fingerprint density at radius 1 is 1.16 bits per heavy atom. The summed E-state index contributed by atoms with van der Waals surface area (Å²) in [5, 5.41) is 0. The number of nitrogens with zero attached hydrogens (tertiary/aromatic N) is 2. The van der Waals surface area contributed by atoms with Gasteiger partial charge in [0.05, 0.1) is 12.8 Å². The van der Waals surface area contributed by atoms with Gasteiger partial charge < -0.3 is 10.5 Å². The summed E-state index contributed by atoms with van der Waals surface area (Å²) in [7, 11) is 1.67. The predicted molar refractivity (Wildman–Crippen MR) is 77.3 cm³/mol. The lowest BCUT2D eigenvalue weighted by Crippen LogP contribution is -2.00. The lowest BCUT2D eigenvalue weighted by Gasteiger charge is -2.12. The minimum Gasteiger partial charge on any atom is -0.496 e. The van der Waals surface area contributed by atoms with Crippen molar-refractivity contribution in [2.45, 2.75) is 26.7 Å². The number of nitrogens with two attached hydrogens (primary N) is 1. The summed E-state index contributed by atoms with van der Waals surface area (Å²) in [4.78, 5) is 8.36. The van der Waals surface area contributed by atoms with E-state index >= 15 is 0 Å². The van der Waals surface area contributed by atoms with Crippen LogP contribution in [0, 0.1) is 6.92 Å². The molecule has 2 aromatic rings. The topological polar surface area (TPSA) is 61.0 Å². The number of rotatable bonds is 3. The van der Waals surface area contributed by atoms with E-state index < -0.39 is 0 Å². The molecule has 0 radical (unpaired) electrons. The first-order valence-corrected chi connectivity index (χ1v) is 6.30. The van der Waals surface area contributed by atoms with Crippen molar-refractivity contribution in [3.05, 3.63) is 35.5 Å². The van der Waals surface area contributed by atoms with Crippen LogP contribution in [-0.2, 0) is 0 Å². The van der Waals surface area contributed by atoms with Crippen LogP contribution in [0.25, 0.3) is 11.3 Å². The second kappa shape index (κ2) is 5.26. The number of methoxy groups -OCH3 is 1. The zero-order chi connectivity index (χ0) is 14.0. The molecule has 0 fully saturated rings. The van der Waals surface area contributed by atoms with Gasteiger partial charge in [0.1, 0.15) is 5.75 Å². The van der Waals surface area contributed by atoms with Crippen LogP contribution in [0.4, 0.5) is 5.95 Å². The molecule has 0 spiro atoms. The fourth-order valence-electron chi connectivity index (χ4n) is 2.01. The highest BCUT2D eigenvalue weighted by molar-refractivity contribution is 5.68. The van der Waals surface area contributed by atoms with Crippen molar-refractivity contribution in [3.8, 4) is 17.0 Å². The Bertz CT molecular complexity index is 574. The number of ether oxygens (including phenoxy) is 1. The van der Waals surface area contributed by atoms with E-state index in [0.29, 0.717) is 5.92 Å². The van der Waals surface area contributed by atoms with E-state index in [9.17, 15) is 0 Å². The first kappa shape index (κ1) is 13.3. The number of benzene rings is 1. The van der Waals surface area contributed by atoms with Crippen LogP contribution in [0.1, 0.15) is 31.0 Å². The first-order valence-electron chi connectivity index (χ1n) is 6.30. The van der Waals surface area contributed by atoms with Crippen LogP contribution in [0.5, 0.6) is 5.75 Å². The molecule has 0 saturated heterocycles. The SMILES string of the molecule is COc1cc(C(C)C)ccc1-c1cc(C)nc(N)n1. The average Bonchev–Trinajstić information content (AvgIpc) is 2.36. The monoisotopic (exact) mass is 257 g/mol. The van der Waals surface area contributed by atoms with E-state index in [0.717, 1.165) is 22.7 Å². The van der Waals surface area contributed by atoms with E-state index in [4.69, 9.17) is 10.5 Å². The van der Waals surface area contributed by atoms with Crippen molar-refractivity contribution in [2.75, 3.05) is 12.8 Å². The van der Waals surface area contributed by atoms with Gasteiger partial charge in [0.15, 0.2) is 0 Å². The van der Waals surface area contributed by atoms with Crippen LogP contribution in [0.3, 0.4) is 0 Å². The van der Waals surface area contributed by atoms with Crippen LogP contribution >= 0.6 is 0 Å². The molecule has 0 saturated carbocycles. The first-order chi connectivity index (χ1) is 9.01. The Balaban J connectivity index is 2.55. The fraction of sp³-hybridized carbons (Fsp3) is 0.333. The van der Waals surface area contributed by atoms with Crippen LogP contribution in [0.2, 0.25) is 0 Å². The largest absolute Gasteiger partial charge is 0.496 e. The molecule has 1 aromatic carbocycles. The zero-order valence-corrected chi connectivity index (χ0v) is 11.8. The maximum atomic E-state index is 5.70. The smallest absolute Gasteiger partial charge is 0.220 e. The van der Waals surface area contributed by atoms with Crippen LogP contribution in [-0.4, -0.2) is 17.1 Å². The number of hydrogen-bond donors (Lipinski definition) is 1. The van der Waals surface area contributed by atoms with E-state index in [2.05, 4.69) is 29.9 Å². The molecule has 0 aliphatic heterocycles. The molecule has 0 aliphatic carbocycles. The number of aryl methyl sites for hydroxylation is 1. The highest BCUT2D eigenvalue weighted by Crippen LogP contribution is 2.32. The molecule has 0 unspecified atom stereocenters. The molecule has 100 valence electrons. The zero-order valence-electron chi connectivity index (χ0n) is 11.8. The summed E-state index contributed by atoms with van der Waals surface area (Å²) in [5.41, 5.74) is 9.51. The van der Waals surface area contributed by atoms with Gasteiger partial charge in [0, 0.05) is 11.3 Å². The van der Waals surface area contributed by atoms with Crippen molar-refractivity contribution in [1.82, 2.24) is 9.97 Å². The molecule has 1 heterocycles. The minimum atomic E-state index is 0.282. The third-order valence-electron chi connectivity index (χ3n) is 3.04. The second-order valence-corrected chi connectivity index (χ2v) is 4.87. The Morgan fingerprint density at radius 3 is 2.47 bits per heavy atom.